The molecule has 1 atom stereocenters. The van der Waals surface area contributed by atoms with Crippen molar-refractivity contribution in [3.05, 3.63) is 41.5 Å². The van der Waals surface area contributed by atoms with Gasteiger partial charge in [0.05, 0.1) is 18.9 Å². The SMILES string of the molecule is CC(C)[C@H](NS(C)(=O)=O)c1nnc2n1CCN(Cc1ccc(OCCO)cc1)CC2. The van der Waals surface area contributed by atoms with Crippen LogP contribution in [0.25, 0.3) is 0 Å². The largest absolute Gasteiger partial charge is 0.491 e. The number of fused-ring (bicyclic) bond motifs is 1. The fraction of sp³-hybridized carbons (Fsp3) is 0.600. The van der Waals surface area contributed by atoms with Crippen LogP contribution in [0.1, 0.15) is 37.1 Å². The summed E-state index contributed by atoms with van der Waals surface area (Å²) in [5, 5.41) is 17.5. The van der Waals surface area contributed by atoms with Crippen molar-refractivity contribution >= 4 is 10.0 Å². The molecule has 0 bridgehead atoms. The third-order valence-electron chi connectivity index (χ3n) is 5.12. The first kappa shape index (κ1) is 22.7. The van der Waals surface area contributed by atoms with Gasteiger partial charge in [-0.25, -0.2) is 13.1 Å². The number of aliphatic hydroxyl groups excluding tert-OH is 1. The van der Waals surface area contributed by atoms with Gasteiger partial charge in [-0.15, -0.1) is 10.2 Å². The second-order valence-corrected chi connectivity index (χ2v) is 9.76. The van der Waals surface area contributed by atoms with Gasteiger partial charge in [-0.1, -0.05) is 26.0 Å². The standard InChI is InChI=1S/C20H31N5O4S/c1-15(2)19(23-30(3,27)28)20-22-21-18-8-9-24(10-11-25(18)20)14-16-4-6-17(7-5-16)29-13-12-26/h4-7,15,19,23,26H,8-14H2,1-3H3/t19-/m0/s1. The predicted molar refractivity (Wildman–Crippen MR) is 114 cm³/mol. The molecule has 166 valence electrons. The van der Waals surface area contributed by atoms with Gasteiger partial charge in [-0.05, 0) is 23.6 Å². The molecule has 1 aromatic carbocycles. The average molecular weight is 438 g/mol. The Bertz CT molecular complexity index is 927. The van der Waals surface area contributed by atoms with Crippen LogP contribution in [0.3, 0.4) is 0 Å². The van der Waals surface area contributed by atoms with Crippen molar-refractivity contribution in [1.82, 2.24) is 24.4 Å². The van der Waals surface area contributed by atoms with Gasteiger partial charge < -0.3 is 14.4 Å². The van der Waals surface area contributed by atoms with Crippen LogP contribution in [0, 0.1) is 5.92 Å². The van der Waals surface area contributed by atoms with E-state index in [2.05, 4.69) is 24.4 Å². The Morgan fingerprint density at radius 1 is 1.17 bits per heavy atom. The maximum absolute atomic E-state index is 11.8. The number of hydrogen-bond donors (Lipinski definition) is 2. The molecule has 2 aromatic rings. The van der Waals surface area contributed by atoms with E-state index < -0.39 is 16.1 Å². The highest BCUT2D eigenvalue weighted by molar-refractivity contribution is 7.88. The van der Waals surface area contributed by atoms with E-state index in [-0.39, 0.29) is 12.5 Å². The first-order valence-electron chi connectivity index (χ1n) is 10.2. The number of hydrogen-bond acceptors (Lipinski definition) is 7. The van der Waals surface area contributed by atoms with E-state index in [4.69, 9.17) is 9.84 Å². The van der Waals surface area contributed by atoms with Crippen LogP contribution < -0.4 is 9.46 Å². The summed E-state index contributed by atoms with van der Waals surface area (Å²) in [6.45, 7) is 7.44. The summed E-state index contributed by atoms with van der Waals surface area (Å²) >= 11 is 0. The molecule has 30 heavy (non-hydrogen) atoms. The molecule has 2 N–H and O–H groups in total. The van der Waals surface area contributed by atoms with Crippen LogP contribution in [0.15, 0.2) is 24.3 Å². The van der Waals surface area contributed by atoms with Gasteiger partial charge >= 0.3 is 0 Å². The Morgan fingerprint density at radius 2 is 1.90 bits per heavy atom. The minimum atomic E-state index is -3.36. The highest BCUT2D eigenvalue weighted by Gasteiger charge is 2.28. The maximum Gasteiger partial charge on any atom is 0.209 e. The van der Waals surface area contributed by atoms with Crippen LogP contribution in [0.5, 0.6) is 5.75 Å². The van der Waals surface area contributed by atoms with E-state index in [1.807, 2.05) is 38.1 Å². The van der Waals surface area contributed by atoms with Gasteiger partial charge in [0, 0.05) is 32.6 Å². The normalized spacial score (nSPS) is 16.3. The monoisotopic (exact) mass is 437 g/mol. The Labute approximate surface area is 178 Å². The number of sulfonamides is 1. The molecule has 10 heteroatoms. The summed E-state index contributed by atoms with van der Waals surface area (Å²) in [5.41, 5.74) is 1.18. The van der Waals surface area contributed by atoms with Crippen molar-refractivity contribution in [3.63, 3.8) is 0 Å². The van der Waals surface area contributed by atoms with E-state index in [9.17, 15) is 8.42 Å². The van der Waals surface area contributed by atoms with Crippen molar-refractivity contribution < 1.29 is 18.3 Å². The second-order valence-electron chi connectivity index (χ2n) is 7.98. The van der Waals surface area contributed by atoms with E-state index >= 15 is 0 Å². The van der Waals surface area contributed by atoms with Crippen LogP contribution in [-0.4, -0.2) is 65.7 Å². The molecule has 9 nitrogen and oxygen atoms in total. The number of nitrogens with zero attached hydrogens (tertiary/aromatic N) is 4. The minimum Gasteiger partial charge on any atom is -0.491 e. The molecular weight excluding hydrogens is 406 g/mol. The molecule has 2 heterocycles. The van der Waals surface area contributed by atoms with Crippen molar-refractivity contribution in [1.29, 1.82) is 0 Å². The van der Waals surface area contributed by atoms with Gasteiger partial charge in [-0.2, -0.15) is 0 Å². The smallest absolute Gasteiger partial charge is 0.209 e. The number of benzene rings is 1. The fourth-order valence-electron chi connectivity index (χ4n) is 3.61. The number of aromatic nitrogens is 3. The molecule has 0 unspecified atom stereocenters. The van der Waals surface area contributed by atoms with Crippen LogP contribution in [-0.2, 0) is 29.5 Å². The average Bonchev–Trinajstić information content (AvgIpc) is 2.98. The van der Waals surface area contributed by atoms with E-state index in [0.29, 0.717) is 19.0 Å². The molecule has 0 fully saturated rings. The first-order valence-corrected chi connectivity index (χ1v) is 12.1. The summed E-state index contributed by atoms with van der Waals surface area (Å²) in [4.78, 5) is 2.36. The molecular formula is C20H31N5O4S. The van der Waals surface area contributed by atoms with Gasteiger partial charge in [0.2, 0.25) is 10.0 Å². The molecule has 3 rings (SSSR count). The van der Waals surface area contributed by atoms with Gasteiger partial charge in [0.15, 0.2) is 5.82 Å². The van der Waals surface area contributed by atoms with Crippen LogP contribution >= 0.6 is 0 Å². The Morgan fingerprint density at radius 3 is 2.53 bits per heavy atom. The molecule has 0 spiro atoms. The fourth-order valence-corrected chi connectivity index (χ4v) is 4.45. The Balaban J connectivity index is 1.67. The van der Waals surface area contributed by atoms with E-state index in [1.165, 1.54) is 11.8 Å². The first-order chi connectivity index (χ1) is 14.3. The Hall–Kier alpha value is -2.01. The number of rotatable bonds is 9. The van der Waals surface area contributed by atoms with Gasteiger partial charge in [-0.3, -0.25) is 4.90 Å². The molecule has 1 aliphatic heterocycles. The van der Waals surface area contributed by atoms with Crippen LogP contribution in [0.2, 0.25) is 0 Å². The molecule has 0 radical (unpaired) electrons. The number of nitrogens with one attached hydrogen (secondary N) is 1. The lowest BCUT2D eigenvalue weighted by molar-refractivity contribution is 0.201. The zero-order valence-electron chi connectivity index (χ0n) is 17.8. The zero-order chi connectivity index (χ0) is 21.7. The summed E-state index contributed by atoms with van der Waals surface area (Å²) < 4.78 is 33.8. The Kier molecular flexibility index (Phi) is 7.45. The van der Waals surface area contributed by atoms with E-state index in [1.54, 1.807) is 0 Å². The number of aliphatic hydroxyl groups is 1. The molecule has 1 aromatic heterocycles. The lowest BCUT2D eigenvalue weighted by atomic mass is 10.1. The zero-order valence-corrected chi connectivity index (χ0v) is 18.6. The molecule has 1 aliphatic rings. The number of ether oxygens (including phenoxy) is 1. The third-order valence-corrected chi connectivity index (χ3v) is 5.80. The molecule has 0 aliphatic carbocycles. The third kappa shape index (κ3) is 6.00. The van der Waals surface area contributed by atoms with Crippen molar-refractivity contribution in [2.75, 3.05) is 32.6 Å². The second kappa shape index (κ2) is 9.86. The quantitative estimate of drug-likeness (QED) is 0.601. The molecule has 0 amide bonds. The topological polar surface area (TPSA) is 110 Å². The summed E-state index contributed by atoms with van der Waals surface area (Å²) in [5.74, 6) is 2.37. The molecule has 0 saturated carbocycles. The summed E-state index contributed by atoms with van der Waals surface area (Å²) in [7, 11) is -3.36. The lowest BCUT2D eigenvalue weighted by Crippen LogP contribution is -2.33. The van der Waals surface area contributed by atoms with Crippen LogP contribution in [0.4, 0.5) is 0 Å². The predicted octanol–water partition coefficient (Wildman–Crippen LogP) is 0.954. The van der Waals surface area contributed by atoms with Gasteiger partial charge in [0.1, 0.15) is 18.2 Å². The highest BCUT2D eigenvalue weighted by Crippen LogP contribution is 2.23. The maximum atomic E-state index is 11.8. The minimum absolute atomic E-state index is 0.00141. The molecule has 0 saturated heterocycles. The van der Waals surface area contributed by atoms with E-state index in [0.717, 1.165) is 37.6 Å². The highest BCUT2D eigenvalue weighted by atomic mass is 32.2. The van der Waals surface area contributed by atoms with Crippen molar-refractivity contribution in [2.45, 2.75) is 39.4 Å². The summed E-state index contributed by atoms with van der Waals surface area (Å²) in [6, 6.07) is 7.50. The lowest BCUT2D eigenvalue weighted by Gasteiger charge is -2.22. The van der Waals surface area contributed by atoms with Crippen molar-refractivity contribution in [2.24, 2.45) is 5.92 Å². The summed E-state index contributed by atoms with van der Waals surface area (Å²) in [6.07, 6.45) is 1.93. The van der Waals surface area contributed by atoms with Gasteiger partial charge in [0.25, 0.3) is 0 Å². The van der Waals surface area contributed by atoms with Crippen molar-refractivity contribution in [3.8, 4) is 5.75 Å².